The zero-order valence-electron chi connectivity index (χ0n) is 18.6. The first-order valence-corrected chi connectivity index (χ1v) is 12.0. The van der Waals surface area contributed by atoms with E-state index in [4.69, 9.17) is 0 Å². The number of amides is 1. The molecule has 1 amide bonds. The Morgan fingerprint density at radius 3 is 2.53 bits per heavy atom. The van der Waals surface area contributed by atoms with Gasteiger partial charge in [0.1, 0.15) is 12.2 Å². The summed E-state index contributed by atoms with van der Waals surface area (Å²) >= 11 is 0. The van der Waals surface area contributed by atoms with Crippen LogP contribution in [0.15, 0.2) is 64.0 Å². The van der Waals surface area contributed by atoms with Crippen molar-refractivity contribution in [1.29, 1.82) is 0 Å². The maximum atomic E-state index is 13.3. The van der Waals surface area contributed by atoms with Crippen LogP contribution in [0.1, 0.15) is 18.2 Å². The molecule has 1 unspecified atom stereocenters. The number of carboxylic acids is 1. The number of sulfonamides is 1. The quantitative estimate of drug-likeness (QED) is 0.441. The number of anilines is 1. The predicted molar refractivity (Wildman–Crippen MR) is 127 cm³/mol. The highest BCUT2D eigenvalue weighted by molar-refractivity contribution is 7.91. The molecule has 12 heteroatoms. The molecule has 11 nitrogen and oxygen atoms in total. The van der Waals surface area contributed by atoms with Gasteiger partial charge in [-0.1, -0.05) is 36.4 Å². The molecule has 0 radical (unpaired) electrons. The largest absolute Gasteiger partial charge is 0.480 e. The van der Waals surface area contributed by atoms with Crippen molar-refractivity contribution in [3.8, 4) is 0 Å². The molecule has 34 heavy (non-hydrogen) atoms. The van der Waals surface area contributed by atoms with Crippen molar-refractivity contribution in [2.24, 2.45) is 4.99 Å². The van der Waals surface area contributed by atoms with Crippen LogP contribution in [0.25, 0.3) is 0 Å². The van der Waals surface area contributed by atoms with Gasteiger partial charge in [-0.25, -0.2) is 18.0 Å². The van der Waals surface area contributed by atoms with E-state index < -0.39 is 34.1 Å². The predicted octanol–water partition coefficient (Wildman–Crippen LogP) is 0.721. The summed E-state index contributed by atoms with van der Waals surface area (Å²) in [5.74, 6) is -1.46. The Hall–Kier alpha value is -3.93. The van der Waals surface area contributed by atoms with E-state index in [9.17, 15) is 27.9 Å². The lowest BCUT2D eigenvalue weighted by atomic mass is 10.2. The van der Waals surface area contributed by atoms with Gasteiger partial charge in [-0.05, 0) is 31.5 Å². The second kappa shape index (κ2) is 10.3. The van der Waals surface area contributed by atoms with Gasteiger partial charge < -0.3 is 15.3 Å². The number of pyridine rings is 1. The lowest BCUT2D eigenvalue weighted by Crippen LogP contribution is -2.49. The number of hydrogen-bond acceptors (Lipinski definition) is 7. The average Bonchev–Trinajstić information content (AvgIpc) is 3.11. The summed E-state index contributed by atoms with van der Waals surface area (Å²) in [6, 6.07) is 10.8. The molecule has 1 aromatic heterocycles. The Kier molecular flexibility index (Phi) is 7.51. The maximum Gasteiger partial charge on any atom is 0.323 e. The number of carbonyl (C=O) groups excluding carboxylic acids is 1. The van der Waals surface area contributed by atoms with E-state index in [0.717, 1.165) is 4.57 Å². The molecular weight excluding hydrogens is 462 g/mol. The molecule has 180 valence electrons. The molecule has 1 aliphatic heterocycles. The number of aromatic nitrogens is 1. The lowest BCUT2D eigenvalue weighted by molar-refractivity contribution is -0.137. The monoisotopic (exact) mass is 487 g/mol. The number of aliphatic carboxylic acids is 1. The second-order valence-corrected chi connectivity index (χ2v) is 9.29. The first kappa shape index (κ1) is 24.7. The van der Waals surface area contributed by atoms with Crippen LogP contribution >= 0.6 is 0 Å². The molecule has 2 heterocycles. The number of hydrogen-bond donors (Lipinski definition) is 3. The molecule has 0 saturated carbocycles. The van der Waals surface area contributed by atoms with Crippen molar-refractivity contribution in [1.82, 2.24) is 14.8 Å². The first-order chi connectivity index (χ1) is 16.2. The molecule has 3 N–H and O–H groups in total. The van der Waals surface area contributed by atoms with Gasteiger partial charge in [0.15, 0.2) is 0 Å². The van der Waals surface area contributed by atoms with E-state index in [1.165, 1.54) is 17.0 Å². The molecule has 2 aromatic rings. The van der Waals surface area contributed by atoms with E-state index in [1.54, 1.807) is 50.3 Å². The van der Waals surface area contributed by atoms with Gasteiger partial charge in [-0.3, -0.25) is 19.1 Å². The van der Waals surface area contributed by atoms with Crippen LogP contribution in [0.5, 0.6) is 0 Å². The van der Waals surface area contributed by atoms with Gasteiger partial charge in [-0.2, -0.15) is 0 Å². The Balaban J connectivity index is 2.02. The number of carboxylic acid groups (broad SMARTS) is 1. The van der Waals surface area contributed by atoms with Crippen molar-refractivity contribution >= 4 is 34.0 Å². The van der Waals surface area contributed by atoms with E-state index in [1.807, 2.05) is 0 Å². The van der Waals surface area contributed by atoms with Gasteiger partial charge >= 0.3 is 5.97 Å². The highest BCUT2D eigenvalue weighted by Crippen LogP contribution is 2.22. The van der Waals surface area contributed by atoms with Crippen molar-refractivity contribution in [3.05, 3.63) is 75.8 Å². The first-order valence-electron chi connectivity index (χ1n) is 10.3. The van der Waals surface area contributed by atoms with Crippen molar-refractivity contribution in [2.75, 3.05) is 17.8 Å². The average molecular weight is 488 g/mol. The van der Waals surface area contributed by atoms with Gasteiger partial charge in [0, 0.05) is 12.2 Å². The standard InChI is InChI=1S/C22H25N5O6S/c1-3-17-19(11-23-14-28)26(12-20(29)30)22(24-17)27-15(2)9-10-18(21(27)31)25-34(32,33)13-16-7-5-4-6-8-16/h3-10,14,19,25H,11-13H2,1-2H3,(H,23,28)(H,29,30). The second-order valence-electron chi connectivity index (χ2n) is 7.56. The van der Waals surface area contributed by atoms with Crippen molar-refractivity contribution in [3.63, 3.8) is 0 Å². The lowest BCUT2D eigenvalue weighted by Gasteiger charge is -2.27. The summed E-state index contributed by atoms with van der Waals surface area (Å²) in [5.41, 5.74) is 0.538. The molecule has 0 bridgehead atoms. The summed E-state index contributed by atoms with van der Waals surface area (Å²) in [4.78, 5) is 41.6. The summed E-state index contributed by atoms with van der Waals surface area (Å²) in [6.45, 7) is 2.91. The molecule has 0 fully saturated rings. The highest BCUT2D eigenvalue weighted by Gasteiger charge is 2.35. The molecule has 1 atom stereocenters. The van der Waals surface area contributed by atoms with Crippen LogP contribution in [0.4, 0.5) is 5.69 Å². The number of benzene rings is 1. The smallest absolute Gasteiger partial charge is 0.323 e. The molecule has 0 spiro atoms. The van der Waals surface area contributed by atoms with Crippen LogP contribution in [-0.4, -0.2) is 60.5 Å². The SMILES string of the molecule is CC=C1N=C(n2c(C)ccc(NS(=O)(=O)Cc3ccccc3)c2=O)N(CC(=O)O)C1CNC=O. The van der Waals surface area contributed by atoms with Crippen LogP contribution in [0, 0.1) is 6.92 Å². The topological polar surface area (TPSA) is 150 Å². The van der Waals surface area contributed by atoms with Gasteiger partial charge in [0.05, 0.1) is 17.5 Å². The zero-order chi connectivity index (χ0) is 24.9. The third-order valence-corrected chi connectivity index (χ3v) is 6.39. The van der Waals surface area contributed by atoms with Crippen molar-refractivity contribution in [2.45, 2.75) is 25.6 Å². The number of nitrogens with one attached hydrogen (secondary N) is 2. The number of rotatable bonds is 9. The Bertz CT molecular complexity index is 1300. The number of allylic oxidation sites excluding steroid dienone is 1. The molecule has 1 aromatic carbocycles. The summed E-state index contributed by atoms with van der Waals surface area (Å²) < 4.78 is 28.9. The third kappa shape index (κ3) is 5.52. The van der Waals surface area contributed by atoms with E-state index in [0.29, 0.717) is 23.4 Å². The zero-order valence-corrected chi connectivity index (χ0v) is 19.4. The molecule has 0 aliphatic carbocycles. The summed E-state index contributed by atoms with van der Waals surface area (Å²) in [7, 11) is -3.91. The molecule has 3 rings (SSSR count). The normalized spacial score (nSPS) is 16.9. The Morgan fingerprint density at radius 1 is 1.21 bits per heavy atom. The Morgan fingerprint density at radius 2 is 1.91 bits per heavy atom. The fourth-order valence-electron chi connectivity index (χ4n) is 3.64. The van der Waals surface area contributed by atoms with Gasteiger partial charge in [0.2, 0.25) is 22.4 Å². The van der Waals surface area contributed by atoms with E-state index in [-0.39, 0.29) is 23.9 Å². The van der Waals surface area contributed by atoms with Crippen LogP contribution in [0.3, 0.4) is 0 Å². The summed E-state index contributed by atoms with van der Waals surface area (Å²) in [6.07, 6.45) is 2.15. The molecule has 1 aliphatic rings. The van der Waals surface area contributed by atoms with Crippen LogP contribution in [-0.2, 0) is 25.4 Å². The highest BCUT2D eigenvalue weighted by atomic mass is 32.2. The minimum Gasteiger partial charge on any atom is -0.480 e. The van der Waals surface area contributed by atoms with Crippen molar-refractivity contribution < 1.29 is 23.1 Å². The molecular formula is C22H25N5O6S. The fraction of sp³-hybridized carbons (Fsp3) is 0.273. The van der Waals surface area contributed by atoms with Gasteiger partial charge in [-0.15, -0.1) is 0 Å². The molecule has 0 saturated heterocycles. The maximum absolute atomic E-state index is 13.3. The van der Waals surface area contributed by atoms with E-state index >= 15 is 0 Å². The van der Waals surface area contributed by atoms with E-state index in [2.05, 4.69) is 15.0 Å². The van der Waals surface area contributed by atoms with Gasteiger partial charge in [0.25, 0.3) is 5.56 Å². The number of nitrogens with zero attached hydrogens (tertiary/aromatic N) is 3. The number of carbonyl (C=O) groups is 2. The number of aliphatic imine (C=N–C) groups is 1. The minimum absolute atomic E-state index is 0.0276. The Labute approximate surface area is 196 Å². The fourth-order valence-corrected chi connectivity index (χ4v) is 4.84. The van der Waals surface area contributed by atoms with Crippen LogP contribution < -0.4 is 15.6 Å². The third-order valence-electron chi connectivity index (χ3n) is 5.14. The van der Waals surface area contributed by atoms with Crippen LogP contribution in [0.2, 0.25) is 0 Å². The minimum atomic E-state index is -3.91. The summed E-state index contributed by atoms with van der Waals surface area (Å²) in [5, 5.41) is 12.0. The number of aryl methyl sites for hydroxylation is 1.